The lowest BCUT2D eigenvalue weighted by atomic mass is 9.13. The number of benzene rings is 3. The zero-order chi connectivity index (χ0) is 39.2. The van der Waals surface area contributed by atoms with E-state index < -0.39 is 145 Å². The molecule has 0 saturated heterocycles. The van der Waals surface area contributed by atoms with Crippen molar-refractivity contribution in [2.24, 2.45) is 0 Å². The average Bonchev–Trinajstić information content (AvgIpc) is 2.97. The molecule has 0 amide bonds. The molecule has 1 unspecified atom stereocenters. The second kappa shape index (κ2) is 13.0. The van der Waals surface area contributed by atoms with Crippen molar-refractivity contribution in [1.82, 2.24) is 0 Å². The minimum atomic E-state index is -5.66. The molecule has 0 aliphatic heterocycles. The maximum Gasteiger partial charge on any atom is 0.200 e. The van der Waals surface area contributed by atoms with Crippen LogP contribution in [0.1, 0.15) is 69.2 Å². The first-order valence-electron chi connectivity index (χ1n) is 15.0. The van der Waals surface area contributed by atoms with Crippen LogP contribution in [0.15, 0.2) is 0 Å². The highest BCUT2D eigenvalue weighted by atomic mass is 31.2. The van der Waals surface area contributed by atoms with Crippen LogP contribution in [0.3, 0.4) is 0 Å². The van der Waals surface area contributed by atoms with Gasteiger partial charge in [-0.2, -0.15) is 0 Å². The highest BCUT2D eigenvalue weighted by molar-refractivity contribution is 7.80. The van der Waals surface area contributed by atoms with Crippen molar-refractivity contribution >= 4 is 29.8 Å². The van der Waals surface area contributed by atoms with Crippen LogP contribution >= 0.6 is 7.26 Å². The van der Waals surface area contributed by atoms with Gasteiger partial charge in [0.15, 0.2) is 52.4 Å². The predicted octanol–water partition coefficient (Wildman–Crippen LogP) is 10.0. The second-order valence-corrected chi connectivity index (χ2v) is 21.7. The molecule has 0 aromatic heterocycles. The molecule has 0 aliphatic carbocycles. The van der Waals surface area contributed by atoms with E-state index in [9.17, 15) is 13.2 Å². The Morgan fingerprint density at radius 2 is 0.520 bits per heavy atom. The molecule has 1 atom stereocenters. The molecule has 0 spiro atoms. The molecule has 0 N–H and O–H groups in total. The maximum atomic E-state index is 16.1. The Kier molecular flexibility index (Phi) is 10.8. The molecule has 0 aliphatic rings. The number of hydrogen-bond donors (Lipinski definition) is 0. The number of rotatable bonds is 6. The molecule has 278 valence electrons. The number of halogens is 15. The third-order valence-corrected chi connectivity index (χ3v) is 17.6. The summed E-state index contributed by atoms with van der Waals surface area (Å²) in [6.45, 7) is 15.9. The SMILES string of the molecule is CC(C[B-](c1c(F)c(F)c(F)c(F)c1F)(c1c(F)c(F)c(F)c(F)c1F)c1c(F)c(F)c(F)c(F)c1F)[P+](C(C)(C)C)(C(C)(C)C)C(C)(C)C. The van der Waals surface area contributed by atoms with E-state index in [1.807, 2.05) is 0 Å². The normalized spacial score (nSPS) is 14.1. The van der Waals surface area contributed by atoms with Crippen LogP contribution in [0.5, 0.6) is 0 Å². The van der Waals surface area contributed by atoms with Crippen LogP contribution in [0.25, 0.3) is 0 Å². The van der Waals surface area contributed by atoms with Gasteiger partial charge in [0.05, 0.1) is 15.5 Å². The van der Waals surface area contributed by atoms with Gasteiger partial charge in [0.25, 0.3) is 0 Å². The van der Waals surface area contributed by atoms with Gasteiger partial charge < -0.3 is 0 Å². The van der Waals surface area contributed by atoms with Crippen LogP contribution in [-0.2, 0) is 0 Å². The Balaban J connectivity index is 3.00. The third-order valence-electron chi connectivity index (χ3n) is 9.74. The van der Waals surface area contributed by atoms with Gasteiger partial charge in [-0.1, -0.05) is 0 Å². The van der Waals surface area contributed by atoms with Crippen molar-refractivity contribution in [3.8, 4) is 0 Å². The van der Waals surface area contributed by atoms with E-state index in [4.69, 9.17) is 0 Å². The summed E-state index contributed by atoms with van der Waals surface area (Å²) < 4.78 is 230. The molecule has 0 bridgehead atoms. The van der Waals surface area contributed by atoms with Crippen molar-refractivity contribution < 1.29 is 65.9 Å². The third kappa shape index (κ3) is 5.61. The molecule has 3 aromatic rings. The highest BCUT2D eigenvalue weighted by Gasteiger charge is 2.67. The minimum Gasteiger partial charge on any atom is -0.207 e. The van der Waals surface area contributed by atoms with Crippen LogP contribution in [0.4, 0.5) is 65.9 Å². The summed E-state index contributed by atoms with van der Waals surface area (Å²) in [7, 11) is -3.29. The summed E-state index contributed by atoms with van der Waals surface area (Å²) in [6, 6.07) is 0. The zero-order valence-corrected chi connectivity index (χ0v) is 29.4. The molecule has 3 rings (SSSR count). The Bertz CT molecular complexity index is 1580. The smallest absolute Gasteiger partial charge is 0.200 e. The fourth-order valence-corrected chi connectivity index (χ4v) is 20.3. The van der Waals surface area contributed by atoms with E-state index in [1.165, 1.54) is 6.92 Å². The molecule has 0 nitrogen and oxygen atoms in total. The van der Waals surface area contributed by atoms with Gasteiger partial charge in [-0.05, 0) is 69.2 Å². The Morgan fingerprint density at radius 1 is 0.360 bits per heavy atom. The monoisotopic (exact) mass is 756 g/mol. The van der Waals surface area contributed by atoms with E-state index in [2.05, 4.69) is 0 Å². The lowest BCUT2D eigenvalue weighted by Crippen LogP contribution is -2.74. The molecule has 0 heterocycles. The van der Waals surface area contributed by atoms with Gasteiger partial charge in [-0.25, -0.2) is 65.9 Å². The summed E-state index contributed by atoms with van der Waals surface area (Å²) in [4.78, 5) is 0. The van der Waals surface area contributed by atoms with Gasteiger partial charge in [-0.3, -0.25) is 0 Å². The van der Waals surface area contributed by atoms with Crippen molar-refractivity contribution in [3.05, 3.63) is 87.3 Å². The van der Waals surface area contributed by atoms with Crippen LogP contribution in [0, 0.1) is 87.3 Å². The summed E-state index contributed by atoms with van der Waals surface area (Å²) in [5.74, 6) is -44.7. The van der Waals surface area contributed by atoms with Gasteiger partial charge in [0, 0.05) is 12.9 Å². The lowest BCUT2D eigenvalue weighted by Gasteiger charge is -2.60. The van der Waals surface area contributed by atoms with Crippen molar-refractivity contribution in [1.29, 1.82) is 0 Å². The first-order chi connectivity index (χ1) is 22.4. The largest absolute Gasteiger partial charge is 0.207 e. The van der Waals surface area contributed by atoms with Crippen molar-refractivity contribution in [3.63, 3.8) is 0 Å². The van der Waals surface area contributed by atoms with Crippen molar-refractivity contribution in [2.45, 2.75) is 96.7 Å². The molecule has 0 radical (unpaired) electrons. The summed E-state index contributed by atoms with van der Waals surface area (Å²) >= 11 is 0. The Hall–Kier alpha value is -2.90. The van der Waals surface area contributed by atoms with Gasteiger partial charge in [0.1, 0.15) is 41.0 Å². The predicted molar refractivity (Wildman–Crippen MR) is 164 cm³/mol. The second-order valence-electron chi connectivity index (χ2n) is 15.3. The van der Waals surface area contributed by atoms with Crippen LogP contribution < -0.4 is 16.4 Å². The highest BCUT2D eigenvalue weighted by Crippen LogP contribution is 2.86. The van der Waals surface area contributed by atoms with Gasteiger partial charge in [0.2, 0.25) is 0 Å². The fourth-order valence-electron chi connectivity index (χ4n) is 9.62. The fraction of sp³-hybridized carbons (Fsp3) is 0.455. The van der Waals surface area contributed by atoms with Gasteiger partial charge >= 0.3 is 0 Å². The Labute approximate surface area is 279 Å². The summed E-state index contributed by atoms with van der Waals surface area (Å²) in [6.07, 6.45) is -7.31. The minimum absolute atomic E-state index is 1.02. The van der Waals surface area contributed by atoms with E-state index >= 15 is 52.7 Å². The molecule has 50 heavy (non-hydrogen) atoms. The Morgan fingerprint density at radius 3 is 0.680 bits per heavy atom. The van der Waals surface area contributed by atoms with Gasteiger partial charge in [-0.15, -0.1) is 22.7 Å². The molecular weight excluding hydrogens is 723 g/mol. The van der Waals surface area contributed by atoms with E-state index in [0.29, 0.717) is 0 Å². The molecular formula is C33H33BF15P. The first-order valence-corrected chi connectivity index (χ1v) is 16.9. The van der Waals surface area contributed by atoms with E-state index in [0.717, 1.165) is 0 Å². The molecule has 0 saturated carbocycles. The van der Waals surface area contributed by atoms with E-state index in [-0.39, 0.29) is 0 Å². The molecule has 3 aromatic carbocycles. The molecule has 17 heteroatoms. The topological polar surface area (TPSA) is 0 Å². The maximum absolute atomic E-state index is 16.1. The summed E-state index contributed by atoms with van der Waals surface area (Å²) in [5, 5.41) is -3.06. The summed E-state index contributed by atoms with van der Waals surface area (Å²) in [5.41, 5.74) is -9.19. The zero-order valence-electron chi connectivity index (χ0n) is 28.5. The van der Waals surface area contributed by atoms with E-state index in [1.54, 1.807) is 62.3 Å². The van der Waals surface area contributed by atoms with Crippen LogP contribution in [-0.4, -0.2) is 27.3 Å². The van der Waals surface area contributed by atoms with Crippen molar-refractivity contribution in [2.75, 3.05) is 0 Å². The number of hydrogen-bond acceptors (Lipinski definition) is 0. The van der Waals surface area contributed by atoms with Crippen LogP contribution in [0.2, 0.25) is 6.32 Å². The first kappa shape index (κ1) is 41.5. The quantitative estimate of drug-likeness (QED) is 0.0773. The molecule has 0 fully saturated rings. The standard InChI is InChI=1S/C33H33BF15P/c1-12(50(31(2,3)4,32(5,6)7)33(8,9)10)11-34(13-16(35)22(41)28(47)23(42)17(13)36,14-18(37)24(43)29(48)25(44)19(14)38)15-20(39)26(45)30(49)27(46)21(15)40/h12H,11H2,1-10H3. The average molecular weight is 756 g/mol. The lowest BCUT2D eigenvalue weighted by molar-refractivity contribution is 0.379.